The first-order valence-electron chi connectivity index (χ1n) is 23.5. The summed E-state index contributed by atoms with van der Waals surface area (Å²) in [5, 5.41) is 113. The Morgan fingerprint density at radius 3 is 1.47 bits per heavy atom. The number of phenolic OH excluding ortho intramolecular Hbond substituents is 9. The zero-order chi connectivity index (χ0) is 50.3. The molecule has 9 aromatic rings. The first kappa shape index (κ1) is 43.6. The van der Waals surface area contributed by atoms with Gasteiger partial charge in [-0.05, 0) is 117 Å². The lowest BCUT2D eigenvalue weighted by Crippen LogP contribution is -2.21. The lowest BCUT2D eigenvalue weighted by atomic mass is 9.68. The highest BCUT2D eigenvalue weighted by atomic mass is 16.5. The van der Waals surface area contributed by atoms with Crippen LogP contribution in [0.3, 0.4) is 0 Å². The van der Waals surface area contributed by atoms with Crippen molar-refractivity contribution in [2.24, 2.45) is 0 Å². The van der Waals surface area contributed by atoms with E-state index in [0.717, 1.165) is 0 Å². The predicted octanol–water partition coefficient (Wildman–Crippen LogP) is 11.0. The highest BCUT2D eigenvalue weighted by Gasteiger charge is 2.58. The number of hydrogen-bond donors (Lipinski definition) is 10. The van der Waals surface area contributed by atoms with Crippen molar-refractivity contribution in [3.05, 3.63) is 212 Å². The van der Waals surface area contributed by atoms with Crippen LogP contribution in [0.5, 0.6) is 69.2 Å². The molecule has 0 fully saturated rings. The lowest BCUT2D eigenvalue weighted by Gasteiger charge is -2.35. The van der Waals surface area contributed by atoms with Crippen molar-refractivity contribution in [2.45, 2.75) is 47.7 Å². The number of carbonyl (C=O) groups excluding carboxylic acids is 1. The SMILES string of the molecule is O=Cc1c(O)oc2c3c4c5c(c12)O[C@H](c1ccc(O)cc1)[C@H]5c1cc(O)cc(O)c1[C@H](c1ccc(O)cc1)[C@@H]4[C@@H](c1ccc(O)cc1)[C@@H]3c1cc(O)cc2c1[C@H](c1cc(O)cc(O)c1)[C@@H](c1ccc(O)cc1)O2. The molecule has 13 rings (SSSR count). The van der Waals surface area contributed by atoms with Crippen LogP contribution < -0.4 is 9.47 Å². The molecule has 8 atom stereocenters. The van der Waals surface area contributed by atoms with E-state index in [-0.39, 0.29) is 79.8 Å². The molecule has 1 aromatic heterocycles. The maximum Gasteiger partial charge on any atom is 0.294 e. The van der Waals surface area contributed by atoms with Gasteiger partial charge >= 0.3 is 0 Å². The monoisotopic (exact) mass is 974 g/mol. The van der Waals surface area contributed by atoms with Crippen molar-refractivity contribution >= 4 is 17.3 Å². The Morgan fingerprint density at radius 2 is 0.890 bits per heavy atom. The molecule has 4 aliphatic rings. The Hall–Kier alpha value is -9.43. The molecule has 0 amide bonds. The molecule has 2 aliphatic heterocycles. The summed E-state index contributed by atoms with van der Waals surface area (Å²) in [6.45, 7) is 0. The minimum Gasteiger partial charge on any atom is -0.508 e. The molecule has 0 saturated carbocycles. The van der Waals surface area contributed by atoms with Crippen LogP contribution in [0.4, 0.5) is 0 Å². The van der Waals surface area contributed by atoms with Crippen molar-refractivity contribution in [3.8, 4) is 69.2 Å². The van der Waals surface area contributed by atoms with Crippen molar-refractivity contribution < 1.29 is 69.8 Å². The summed E-state index contributed by atoms with van der Waals surface area (Å²) in [5.41, 5.74) is 6.33. The highest BCUT2D eigenvalue weighted by Crippen LogP contribution is 2.72. The average molecular weight is 975 g/mol. The van der Waals surface area contributed by atoms with Crippen molar-refractivity contribution in [1.82, 2.24) is 0 Å². The lowest BCUT2D eigenvalue weighted by molar-refractivity contribution is 0.111. The van der Waals surface area contributed by atoms with Gasteiger partial charge in [0.1, 0.15) is 86.6 Å². The fourth-order valence-electron chi connectivity index (χ4n) is 12.8. The predicted molar refractivity (Wildman–Crippen MR) is 263 cm³/mol. The molecule has 0 bridgehead atoms. The number of rotatable bonds is 7. The van der Waals surface area contributed by atoms with Gasteiger partial charge in [-0.3, -0.25) is 4.79 Å². The van der Waals surface area contributed by atoms with E-state index in [2.05, 4.69) is 0 Å². The van der Waals surface area contributed by atoms with E-state index in [1.54, 1.807) is 84.9 Å². The molecule has 0 radical (unpaired) electrons. The Kier molecular flexibility index (Phi) is 9.43. The van der Waals surface area contributed by atoms with Crippen molar-refractivity contribution in [2.75, 3.05) is 0 Å². The van der Waals surface area contributed by atoms with E-state index in [0.29, 0.717) is 73.0 Å². The summed E-state index contributed by atoms with van der Waals surface area (Å²) < 4.78 is 20.4. The Morgan fingerprint density at radius 1 is 0.384 bits per heavy atom. The summed E-state index contributed by atoms with van der Waals surface area (Å²) in [4.78, 5) is 13.4. The summed E-state index contributed by atoms with van der Waals surface area (Å²) >= 11 is 0. The van der Waals surface area contributed by atoms with Gasteiger partial charge in [0.2, 0.25) is 0 Å². The van der Waals surface area contributed by atoms with Gasteiger partial charge in [0.15, 0.2) is 6.29 Å². The molecule has 0 saturated heterocycles. The third-order valence-electron chi connectivity index (χ3n) is 15.4. The molecule has 73 heavy (non-hydrogen) atoms. The van der Waals surface area contributed by atoms with Gasteiger partial charge in [0, 0.05) is 64.1 Å². The first-order valence-corrected chi connectivity index (χ1v) is 23.5. The third-order valence-corrected chi connectivity index (χ3v) is 15.4. The quantitative estimate of drug-likeness (QED) is 0.0667. The minimum absolute atomic E-state index is 0.00446. The summed E-state index contributed by atoms with van der Waals surface area (Å²) in [5.74, 6) is -6.55. The van der Waals surface area contributed by atoms with Gasteiger partial charge in [-0.2, -0.15) is 0 Å². The van der Waals surface area contributed by atoms with Gasteiger partial charge in [0.25, 0.3) is 5.95 Å². The number of aromatic hydroxyl groups is 10. The van der Waals surface area contributed by atoms with Crippen LogP contribution in [0.1, 0.15) is 125 Å². The average Bonchev–Trinajstić information content (AvgIpc) is 4.10. The summed E-state index contributed by atoms with van der Waals surface area (Å²) in [6, 6.07) is 36.3. The molecule has 14 nitrogen and oxygen atoms in total. The number of fused-ring (bicyclic) bond motifs is 6. The molecule has 14 heteroatoms. The largest absolute Gasteiger partial charge is 0.508 e. The number of ether oxygens (including phenoxy) is 2. The summed E-state index contributed by atoms with van der Waals surface area (Å²) in [6.07, 6.45) is -1.34. The van der Waals surface area contributed by atoms with E-state index in [9.17, 15) is 55.9 Å². The fourth-order valence-corrected chi connectivity index (χ4v) is 12.8. The van der Waals surface area contributed by atoms with Crippen LogP contribution in [0.15, 0.2) is 144 Å². The Bertz CT molecular complexity index is 3730. The molecule has 0 unspecified atom stereocenters. The van der Waals surface area contributed by atoms with E-state index in [4.69, 9.17) is 13.9 Å². The molecule has 3 heterocycles. The van der Waals surface area contributed by atoms with Crippen LogP contribution in [0, 0.1) is 0 Å². The van der Waals surface area contributed by atoms with Gasteiger partial charge in [-0.15, -0.1) is 0 Å². The third kappa shape index (κ3) is 6.46. The van der Waals surface area contributed by atoms with E-state index < -0.39 is 53.7 Å². The smallest absolute Gasteiger partial charge is 0.294 e. The number of hydrogen-bond acceptors (Lipinski definition) is 14. The van der Waals surface area contributed by atoms with Crippen LogP contribution in [0.2, 0.25) is 0 Å². The van der Waals surface area contributed by atoms with Crippen LogP contribution in [-0.4, -0.2) is 57.4 Å². The molecule has 0 spiro atoms. The second kappa shape index (κ2) is 15.8. The van der Waals surface area contributed by atoms with Crippen LogP contribution >= 0.6 is 0 Å². The Labute approximate surface area is 414 Å². The minimum atomic E-state index is -0.951. The number of furan rings is 1. The maximum absolute atomic E-state index is 13.4. The molecule has 2 aliphatic carbocycles. The van der Waals surface area contributed by atoms with Gasteiger partial charge in [-0.1, -0.05) is 48.5 Å². The van der Waals surface area contributed by atoms with Crippen LogP contribution in [0.25, 0.3) is 11.0 Å². The first-order chi connectivity index (χ1) is 35.3. The van der Waals surface area contributed by atoms with E-state index in [1.165, 1.54) is 54.6 Å². The van der Waals surface area contributed by atoms with Gasteiger partial charge in [0.05, 0.1) is 17.2 Å². The standard InChI is InChI=1S/C59H42O14/c60-24-40-50-57-54-49(56(72-57)28-7-15-33(64)16-8-28)38-20-36(67)22-41(69)46(38)43(25-1-9-30(61)10-2-25)51-44(26-3-11-31(62)12-4-26)48(53(52(51)54)58(50)73-59(40)70)39-21-37(68)23-42-47(39)45(29-17-34(65)19-35(66)18-29)55(71-42)27-5-13-32(63)14-6-27/h1-24,43-45,48-49,51,55-56,61-70H/t43-,44-,45-,48-,49-,51+,55+,56+/m0/s1. The second-order valence-corrected chi connectivity index (χ2v) is 19.3. The number of benzene rings is 8. The second-order valence-electron chi connectivity index (χ2n) is 19.3. The Balaban J connectivity index is 1.21. The van der Waals surface area contributed by atoms with E-state index >= 15 is 0 Å². The van der Waals surface area contributed by atoms with Gasteiger partial charge < -0.3 is 65.0 Å². The maximum atomic E-state index is 13.4. The molecular formula is C59H42O14. The number of carbonyl (C=O) groups is 1. The number of aldehydes is 1. The zero-order valence-corrected chi connectivity index (χ0v) is 38.1. The molecule has 362 valence electrons. The summed E-state index contributed by atoms with van der Waals surface area (Å²) in [7, 11) is 0. The van der Waals surface area contributed by atoms with Crippen molar-refractivity contribution in [3.63, 3.8) is 0 Å². The normalized spacial score (nSPS) is 22.0. The zero-order valence-electron chi connectivity index (χ0n) is 38.1. The van der Waals surface area contributed by atoms with Crippen LogP contribution in [-0.2, 0) is 0 Å². The molecular weight excluding hydrogens is 933 g/mol. The highest BCUT2D eigenvalue weighted by molar-refractivity contribution is 6.06. The number of phenols is 9. The topological polar surface area (TPSA) is 251 Å². The van der Waals surface area contributed by atoms with Gasteiger partial charge in [-0.25, -0.2) is 0 Å². The van der Waals surface area contributed by atoms with Crippen molar-refractivity contribution in [1.29, 1.82) is 0 Å². The molecule has 10 N–H and O–H groups in total. The molecule has 8 aromatic carbocycles. The fraction of sp³-hybridized carbons (Fsp3) is 0.136. The van der Waals surface area contributed by atoms with E-state index in [1.807, 2.05) is 0 Å².